The van der Waals surface area contributed by atoms with Gasteiger partial charge in [-0.1, -0.05) is 12.5 Å². The third-order valence-corrected chi connectivity index (χ3v) is 5.92. The van der Waals surface area contributed by atoms with Crippen LogP contribution in [0.4, 0.5) is 0 Å². The fourth-order valence-corrected chi connectivity index (χ4v) is 4.46. The second-order valence-electron chi connectivity index (χ2n) is 6.23. The number of hydrogen-bond donors (Lipinski definition) is 1. The lowest BCUT2D eigenvalue weighted by atomic mass is 9.81. The summed E-state index contributed by atoms with van der Waals surface area (Å²) in [6, 6.07) is 3.58. The molecule has 6 heteroatoms. The average molecular weight is 321 g/mol. The first-order valence-corrected chi connectivity index (χ1v) is 8.49. The highest BCUT2D eigenvalue weighted by atomic mass is 32.1. The number of nitrogens with zero attached hydrogens (tertiary/aromatic N) is 1. The first-order chi connectivity index (χ1) is 10.5. The van der Waals surface area contributed by atoms with Crippen molar-refractivity contribution < 1.29 is 19.5 Å². The molecule has 0 bridgehead atoms. The maximum Gasteiger partial charge on any atom is 0.311 e. The Morgan fingerprint density at radius 1 is 1.36 bits per heavy atom. The Bertz CT molecular complexity index is 597. The number of hydrogen-bond acceptors (Lipinski definition) is 4. The lowest BCUT2D eigenvalue weighted by Gasteiger charge is -2.23. The summed E-state index contributed by atoms with van der Waals surface area (Å²) in [5.41, 5.74) is -0.743. The van der Waals surface area contributed by atoms with Crippen molar-refractivity contribution in [1.29, 1.82) is 0 Å². The van der Waals surface area contributed by atoms with Crippen LogP contribution in [0.3, 0.4) is 0 Å². The summed E-state index contributed by atoms with van der Waals surface area (Å²) in [7, 11) is 0. The van der Waals surface area contributed by atoms with Gasteiger partial charge in [0.25, 0.3) is 0 Å². The minimum absolute atomic E-state index is 0.0179. The number of carbonyl (C=O) groups is 3. The SMILES string of the molecule is O=C(CCC(=O)N1C[C@@H]2CCC[C@@]2(C(=O)O)C1)c1cccs1. The number of aliphatic carboxylic acids is 1. The van der Waals surface area contributed by atoms with Crippen molar-refractivity contribution in [2.45, 2.75) is 32.1 Å². The van der Waals surface area contributed by atoms with E-state index in [4.69, 9.17) is 0 Å². The van der Waals surface area contributed by atoms with Crippen LogP contribution in [0.1, 0.15) is 41.8 Å². The molecular weight excluding hydrogens is 302 g/mol. The first-order valence-electron chi connectivity index (χ1n) is 7.61. The van der Waals surface area contributed by atoms with E-state index >= 15 is 0 Å². The standard InChI is InChI=1S/C16H19NO4S/c18-12(13-4-2-8-22-13)5-6-14(19)17-9-11-3-1-7-16(11,10-17)15(20)21/h2,4,8,11H,1,3,5-7,9-10H2,(H,20,21)/t11-,16+/m0/s1. The van der Waals surface area contributed by atoms with Gasteiger partial charge in [-0.25, -0.2) is 0 Å². The zero-order valence-corrected chi connectivity index (χ0v) is 13.1. The van der Waals surface area contributed by atoms with E-state index in [9.17, 15) is 19.5 Å². The van der Waals surface area contributed by atoms with Gasteiger partial charge in [-0.3, -0.25) is 14.4 Å². The quantitative estimate of drug-likeness (QED) is 0.845. The molecule has 1 saturated carbocycles. The molecule has 1 aromatic rings. The molecule has 2 heterocycles. The molecule has 0 aromatic carbocycles. The van der Waals surface area contributed by atoms with Crippen LogP contribution < -0.4 is 0 Å². The minimum Gasteiger partial charge on any atom is -0.481 e. The molecule has 1 N–H and O–H groups in total. The van der Waals surface area contributed by atoms with Crippen LogP contribution in [0, 0.1) is 11.3 Å². The van der Waals surface area contributed by atoms with Gasteiger partial charge in [0.2, 0.25) is 5.91 Å². The van der Waals surface area contributed by atoms with E-state index in [0.717, 1.165) is 12.8 Å². The largest absolute Gasteiger partial charge is 0.481 e. The molecule has 0 spiro atoms. The van der Waals surface area contributed by atoms with Gasteiger partial charge in [-0.2, -0.15) is 0 Å². The molecule has 1 aromatic heterocycles. The number of carboxylic acids is 1. The predicted octanol–water partition coefficient (Wildman–Crippen LogP) is 2.42. The maximum absolute atomic E-state index is 12.3. The number of fused-ring (bicyclic) bond motifs is 1. The Morgan fingerprint density at radius 2 is 2.18 bits per heavy atom. The van der Waals surface area contributed by atoms with Crippen LogP contribution in [0.2, 0.25) is 0 Å². The average Bonchev–Trinajstić information content (AvgIpc) is 3.17. The van der Waals surface area contributed by atoms with E-state index < -0.39 is 11.4 Å². The zero-order valence-electron chi connectivity index (χ0n) is 12.3. The van der Waals surface area contributed by atoms with Crippen molar-refractivity contribution >= 4 is 29.0 Å². The van der Waals surface area contributed by atoms with E-state index in [1.807, 2.05) is 11.4 Å². The summed E-state index contributed by atoms with van der Waals surface area (Å²) in [4.78, 5) is 38.2. The van der Waals surface area contributed by atoms with Crippen LogP contribution in [0.25, 0.3) is 0 Å². The molecule has 3 rings (SSSR count). The van der Waals surface area contributed by atoms with Crippen molar-refractivity contribution in [1.82, 2.24) is 4.90 Å². The molecule has 0 radical (unpaired) electrons. The Morgan fingerprint density at radius 3 is 2.82 bits per heavy atom. The lowest BCUT2D eigenvalue weighted by molar-refractivity contribution is -0.149. The highest BCUT2D eigenvalue weighted by molar-refractivity contribution is 7.12. The Kier molecular flexibility index (Phi) is 4.04. The molecule has 1 aliphatic heterocycles. The molecule has 0 unspecified atom stereocenters. The smallest absolute Gasteiger partial charge is 0.311 e. The number of carbonyl (C=O) groups excluding carboxylic acids is 2. The Labute approximate surface area is 132 Å². The van der Waals surface area contributed by atoms with Gasteiger partial charge in [0.05, 0.1) is 10.3 Å². The summed E-state index contributed by atoms with van der Waals surface area (Å²) in [5, 5.41) is 11.4. The molecule has 2 atom stereocenters. The van der Waals surface area contributed by atoms with Crippen LogP contribution in [0.5, 0.6) is 0 Å². The van der Waals surface area contributed by atoms with Gasteiger partial charge in [-0.15, -0.1) is 11.3 Å². The third kappa shape index (κ3) is 2.56. The van der Waals surface area contributed by atoms with E-state index in [0.29, 0.717) is 24.4 Å². The molecule has 1 saturated heterocycles. The summed E-state index contributed by atoms with van der Waals surface area (Å²) >= 11 is 1.38. The summed E-state index contributed by atoms with van der Waals surface area (Å²) in [6.07, 6.45) is 2.82. The lowest BCUT2D eigenvalue weighted by Crippen LogP contribution is -2.37. The second kappa shape index (κ2) is 5.83. The summed E-state index contributed by atoms with van der Waals surface area (Å²) in [5.74, 6) is -0.822. The molecule has 118 valence electrons. The van der Waals surface area contributed by atoms with E-state index in [-0.39, 0.29) is 30.4 Å². The summed E-state index contributed by atoms with van der Waals surface area (Å²) < 4.78 is 0. The van der Waals surface area contributed by atoms with Gasteiger partial charge in [0.1, 0.15) is 0 Å². The molecule has 22 heavy (non-hydrogen) atoms. The van der Waals surface area contributed by atoms with Gasteiger partial charge in [0.15, 0.2) is 5.78 Å². The molecular formula is C16H19NO4S. The van der Waals surface area contributed by atoms with Crippen molar-refractivity contribution in [3.63, 3.8) is 0 Å². The number of amides is 1. The van der Waals surface area contributed by atoms with E-state index in [1.54, 1.807) is 11.0 Å². The Balaban J connectivity index is 1.58. The number of ketones is 1. The van der Waals surface area contributed by atoms with Gasteiger partial charge in [-0.05, 0) is 30.2 Å². The van der Waals surface area contributed by atoms with Gasteiger partial charge >= 0.3 is 5.97 Å². The first kappa shape index (κ1) is 15.2. The van der Waals surface area contributed by atoms with Crippen molar-refractivity contribution in [2.24, 2.45) is 11.3 Å². The maximum atomic E-state index is 12.3. The predicted molar refractivity (Wildman–Crippen MR) is 81.9 cm³/mol. The molecule has 2 fully saturated rings. The Hall–Kier alpha value is -1.69. The summed E-state index contributed by atoms with van der Waals surface area (Å²) in [6.45, 7) is 0.831. The number of likely N-dealkylation sites (tertiary alicyclic amines) is 1. The molecule has 1 amide bonds. The van der Waals surface area contributed by atoms with Crippen LogP contribution in [0.15, 0.2) is 17.5 Å². The number of thiophene rings is 1. The number of carboxylic acid groups (broad SMARTS) is 1. The normalized spacial score (nSPS) is 26.9. The van der Waals surface area contributed by atoms with E-state index in [1.165, 1.54) is 11.3 Å². The molecule has 5 nitrogen and oxygen atoms in total. The fraction of sp³-hybridized carbons (Fsp3) is 0.562. The van der Waals surface area contributed by atoms with E-state index in [2.05, 4.69) is 0 Å². The van der Waals surface area contributed by atoms with Crippen molar-refractivity contribution in [3.05, 3.63) is 22.4 Å². The van der Waals surface area contributed by atoms with Crippen LogP contribution in [-0.4, -0.2) is 40.8 Å². The third-order valence-electron chi connectivity index (χ3n) is 5.01. The van der Waals surface area contributed by atoms with Crippen molar-refractivity contribution in [3.8, 4) is 0 Å². The molecule has 2 aliphatic rings. The van der Waals surface area contributed by atoms with Crippen LogP contribution >= 0.6 is 11.3 Å². The molecule has 1 aliphatic carbocycles. The highest BCUT2D eigenvalue weighted by Crippen LogP contribution is 2.49. The van der Waals surface area contributed by atoms with Gasteiger partial charge < -0.3 is 10.0 Å². The zero-order chi connectivity index (χ0) is 15.7. The minimum atomic E-state index is -0.778. The monoisotopic (exact) mass is 321 g/mol. The highest BCUT2D eigenvalue weighted by Gasteiger charge is 2.55. The fourth-order valence-electron chi connectivity index (χ4n) is 3.77. The number of Topliss-reactive ketones (excluding diaryl/α,β-unsaturated/α-hetero) is 1. The van der Waals surface area contributed by atoms with Crippen molar-refractivity contribution in [2.75, 3.05) is 13.1 Å². The van der Waals surface area contributed by atoms with Gasteiger partial charge in [0, 0.05) is 25.9 Å². The number of rotatable bonds is 5. The second-order valence-corrected chi connectivity index (χ2v) is 7.17. The van der Waals surface area contributed by atoms with Crippen LogP contribution in [-0.2, 0) is 9.59 Å². The topological polar surface area (TPSA) is 74.7 Å².